The summed E-state index contributed by atoms with van der Waals surface area (Å²) < 4.78 is 5.15. The van der Waals surface area contributed by atoms with Crippen molar-refractivity contribution in [2.75, 3.05) is 19.0 Å². The molecule has 0 aromatic heterocycles. The lowest BCUT2D eigenvalue weighted by atomic mass is 10.1. The number of nitrogens with one attached hydrogen (secondary N) is 1. The van der Waals surface area contributed by atoms with Crippen molar-refractivity contribution in [1.29, 1.82) is 0 Å². The molecule has 0 radical (unpaired) electrons. The lowest BCUT2D eigenvalue weighted by molar-refractivity contribution is 0.415. The van der Waals surface area contributed by atoms with E-state index in [1.165, 1.54) is 0 Å². The van der Waals surface area contributed by atoms with Crippen LogP contribution in [0.4, 0.5) is 5.69 Å². The third kappa shape index (κ3) is 4.68. The lowest BCUT2D eigenvalue weighted by Crippen LogP contribution is -2.23. The molecule has 2 rings (SSSR count). The van der Waals surface area contributed by atoms with Crippen LogP contribution in [0.3, 0.4) is 0 Å². The highest BCUT2D eigenvalue weighted by Gasteiger charge is 1.99. The topological polar surface area (TPSA) is 59.6 Å². The Balaban J connectivity index is 1.91. The van der Waals surface area contributed by atoms with E-state index in [-0.39, 0.29) is 0 Å². The van der Waals surface area contributed by atoms with Crippen LogP contribution < -0.4 is 15.8 Å². The van der Waals surface area contributed by atoms with Gasteiger partial charge in [0.25, 0.3) is 0 Å². The molecule has 0 aliphatic carbocycles. The molecule has 0 fully saturated rings. The Morgan fingerprint density at radius 3 is 2.81 bits per heavy atom. The number of ether oxygens (including phenoxy) is 1. The van der Waals surface area contributed by atoms with Crippen molar-refractivity contribution >= 4 is 23.2 Å². The Kier molecular flexibility index (Phi) is 5.46. The van der Waals surface area contributed by atoms with Gasteiger partial charge in [-0.15, -0.1) is 0 Å². The van der Waals surface area contributed by atoms with Gasteiger partial charge in [0.2, 0.25) is 0 Å². The molecule has 0 spiro atoms. The molecule has 110 valence electrons. The number of guanidine groups is 1. The van der Waals surface area contributed by atoms with Crippen molar-refractivity contribution in [2.45, 2.75) is 6.42 Å². The summed E-state index contributed by atoms with van der Waals surface area (Å²) in [6, 6.07) is 15.3. The maximum absolute atomic E-state index is 6.09. The molecular formula is C16H18ClN3O. The third-order valence-corrected chi connectivity index (χ3v) is 3.33. The molecule has 0 unspecified atom stereocenters. The predicted octanol–water partition coefficient (Wildman–Crippen LogP) is 3.32. The van der Waals surface area contributed by atoms with Crippen LogP contribution in [-0.2, 0) is 6.42 Å². The fourth-order valence-electron chi connectivity index (χ4n) is 1.89. The summed E-state index contributed by atoms with van der Waals surface area (Å²) in [6.45, 7) is 0.576. The summed E-state index contributed by atoms with van der Waals surface area (Å²) in [4.78, 5) is 4.30. The van der Waals surface area contributed by atoms with Gasteiger partial charge in [-0.2, -0.15) is 0 Å². The molecule has 3 N–H and O–H groups in total. The van der Waals surface area contributed by atoms with Gasteiger partial charge in [-0.25, -0.2) is 0 Å². The Bertz CT molecular complexity index is 628. The monoisotopic (exact) mass is 303 g/mol. The van der Waals surface area contributed by atoms with E-state index < -0.39 is 0 Å². The van der Waals surface area contributed by atoms with Crippen LogP contribution >= 0.6 is 11.6 Å². The van der Waals surface area contributed by atoms with E-state index >= 15 is 0 Å². The van der Waals surface area contributed by atoms with Crippen LogP contribution in [0, 0.1) is 0 Å². The van der Waals surface area contributed by atoms with Crippen molar-refractivity contribution in [1.82, 2.24) is 0 Å². The average molecular weight is 304 g/mol. The number of halogens is 1. The molecular weight excluding hydrogens is 286 g/mol. The smallest absolute Gasteiger partial charge is 0.193 e. The maximum Gasteiger partial charge on any atom is 0.193 e. The van der Waals surface area contributed by atoms with E-state index in [1.54, 1.807) is 7.11 Å². The number of hydrogen-bond donors (Lipinski definition) is 2. The summed E-state index contributed by atoms with van der Waals surface area (Å²) in [5.74, 6) is 1.14. The fourth-order valence-corrected chi connectivity index (χ4v) is 2.12. The SMILES string of the molecule is COc1cccc(NC(N)=NCCc2ccccc2Cl)c1. The highest BCUT2D eigenvalue weighted by molar-refractivity contribution is 6.31. The molecule has 2 aromatic carbocycles. The van der Waals surface area contributed by atoms with E-state index in [9.17, 15) is 0 Å². The highest BCUT2D eigenvalue weighted by Crippen LogP contribution is 2.17. The summed E-state index contributed by atoms with van der Waals surface area (Å²) >= 11 is 6.09. The van der Waals surface area contributed by atoms with Gasteiger partial charge in [0, 0.05) is 23.3 Å². The van der Waals surface area contributed by atoms with Gasteiger partial charge >= 0.3 is 0 Å². The molecule has 0 atom stereocenters. The Hall–Kier alpha value is -2.20. The molecule has 0 saturated heterocycles. The summed E-state index contributed by atoms with van der Waals surface area (Å²) in [5.41, 5.74) is 7.77. The van der Waals surface area contributed by atoms with Gasteiger partial charge in [0.1, 0.15) is 5.75 Å². The van der Waals surface area contributed by atoms with Crippen molar-refractivity contribution in [2.24, 2.45) is 10.7 Å². The van der Waals surface area contributed by atoms with Gasteiger partial charge in [0.15, 0.2) is 5.96 Å². The van der Waals surface area contributed by atoms with Gasteiger partial charge in [-0.3, -0.25) is 4.99 Å². The predicted molar refractivity (Wildman–Crippen MR) is 88.3 cm³/mol. The van der Waals surface area contributed by atoms with E-state index in [4.69, 9.17) is 22.1 Å². The van der Waals surface area contributed by atoms with Crippen LogP contribution in [-0.4, -0.2) is 19.6 Å². The minimum atomic E-state index is 0.371. The number of benzene rings is 2. The standard InChI is InChI=1S/C16H18ClN3O/c1-21-14-7-4-6-13(11-14)20-16(18)19-10-9-12-5-2-3-8-15(12)17/h2-8,11H,9-10H2,1H3,(H3,18,19,20). The van der Waals surface area contributed by atoms with Gasteiger partial charge in [-0.05, 0) is 30.2 Å². The Labute approximate surface area is 129 Å². The van der Waals surface area contributed by atoms with E-state index in [0.717, 1.165) is 28.4 Å². The van der Waals surface area contributed by atoms with Gasteiger partial charge < -0.3 is 15.8 Å². The summed E-state index contributed by atoms with van der Waals surface area (Å²) in [7, 11) is 1.63. The largest absolute Gasteiger partial charge is 0.497 e. The lowest BCUT2D eigenvalue weighted by Gasteiger charge is -2.07. The Morgan fingerprint density at radius 1 is 1.24 bits per heavy atom. The van der Waals surface area contributed by atoms with Crippen LogP contribution in [0.15, 0.2) is 53.5 Å². The molecule has 0 amide bonds. The zero-order chi connectivity index (χ0) is 15.1. The minimum Gasteiger partial charge on any atom is -0.497 e. The second-order valence-electron chi connectivity index (χ2n) is 4.47. The van der Waals surface area contributed by atoms with Crippen molar-refractivity contribution < 1.29 is 4.74 Å². The maximum atomic E-state index is 6.09. The average Bonchev–Trinajstić information content (AvgIpc) is 2.49. The summed E-state index contributed by atoms with van der Waals surface area (Å²) in [5, 5.41) is 3.79. The molecule has 0 bridgehead atoms. The number of nitrogens with two attached hydrogens (primary N) is 1. The summed E-state index contributed by atoms with van der Waals surface area (Å²) in [6.07, 6.45) is 0.750. The van der Waals surface area contributed by atoms with E-state index in [2.05, 4.69) is 10.3 Å². The zero-order valence-corrected chi connectivity index (χ0v) is 12.6. The first-order valence-corrected chi connectivity index (χ1v) is 7.01. The molecule has 4 nitrogen and oxygen atoms in total. The minimum absolute atomic E-state index is 0.371. The molecule has 0 aliphatic rings. The van der Waals surface area contributed by atoms with Crippen LogP contribution in [0.1, 0.15) is 5.56 Å². The molecule has 0 heterocycles. The number of methoxy groups -OCH3 is 1. The quantitative estimate of drug-likeness (QED) is 0.658. The zero-order valence-electron chi connectivity index (χ0n) is 11.8. The van der Waals surface area contributed by atoms with E-state index in [1.807, 2.05) is 48.5 Å². The van der Waals surface area contributed by atoms with Gasteiger partial charge in [-0.1, -0.05) is 35.9 Å². The van der Waals surface area contributed by atoms with Crippen LogP contribution in [0.5, 0.6) is 5.75 Å². The molecule has 0 aliphatic heterocycles. The van der Waals surface area contributed by atoms with Crippen molar-refractivity contribution in [3.8, 4) is 5.75 Å². The molecule has 21 heavy (non-hydrogen) atoms. The number of aliphatic imine (C=N–C) groups is 1. The first-order chi connectivity index (χ1) is 10.2. The molecule has 5 heteroatoms. The van der Waals surface area contributed by atoms with Crippen molar-refractivity contribution in [3.63, 3.8) is 0 Å². The first kappa shape index (κ1) is 15.2. The number of anilines is 1. The van der Waals surface area contributed by atoms with Crippen molar-refractivity contribution in [3.05, 3.63) is 59.1 Å². The third-order valence-electron chi connectivity index (χ3n) is 2.96. The molecule has 0 saturated carbocycles. The highest BCUT2D eigenvalue weighted by atomic mass is 35.5. The first-order valence-electron chi connectivity index (χ1n) is 6.63. The van der Waals surface area contributed by atoms with E-state index in [0.29, 0.717) is 12.5 Å². The van der Waals surface area contributed by atoms with Gasteiger partial charge in [0.05, 0.1) is 7.11 Å². The van der Waals surface area contributed by atoms with Crippen LogP contribution in [0.25, 0.3) is 0 Å². The normalized spacial score (nSPS) is 11.2. The fraction of sp³-hybridized carbons (Fsp3) is 0.188. The number of hydrogen-bond acceptors (Lipinski definition) is 2. The number of nitrogens with zero attached hydrogens (tertiary/aromatic N) is 1. The second-order valence-corrected chi connectivity index (χ2v) is 4.87. The van der Waals surface area contributed by atoms with Crippen LogP contribution in [0.2, 0.25) is 5.02 Å². The number of rotatable bonds is 5. The second kappa shape index (κ2) is 7.55. The molecule has 2 aromatic rings. The Morgan fingerprint density at radius 2 is 2.05 bits per heavy atom.